The van der Waals surface area contributed by atoms with Gasteiger partial charge in [-0.25, -0.2) is 0 Å². The molecule has 0 radical (unpaired) electrons. The van der Waals surface area contributed by atoms with E-state index in [1.807, 2.05) is 12.3 Å². The zero-order valence-corrected chi connectivity index (χ0v) is 26.1. The maximum atomic E-state index is 6.21. The van der Waals surface area contributed by atoms with E-state index >= 15 is 0 Å². The molecule has 5 heteroatoms. The van der Waals surface area contributed by atoms with E-state index in [1.54, 1.807) is 7.11 Å². The molecule has 4 aromatic rings. The number of aryl methyl sites for hydroxylation is 3. The fraction of sp³-hybridized carbons (Fsp3) is 0.250. The van der Waals surface area contributed by atoms with Crippen molar-refractivity contribution in [3.8, 4) is 11.5 Å². The first-order chi connectivity index (χ1) is 19.9. The van der Waals surface area contributed by atoms with E-state index in [1.165, 1.54) is 33.5 Å². The molecule has 0 amide bonds. The van der Waals surface area contributed by atoms with Crippen molar-refractivity contribution in [2.24, 2.45) is 10.9 Å². The number of benzene rings is 4. The van der Waals surface area contributed by atoms with Crippen molar-refractivity contribution in [1.82, 2.24) is 0 Å². The summed E-state index contributed by atoms with van der Waals surface area (Å²) in [5.74, 6) is 2.46. The molecular formula is C36H35IN2O2. The standard InChI is InChI=1S/C36H35IN2O2/c1-22-8-13-33-31(17-22)29-6-5-7-30(29)35(39-33)27-9-11-28(12-10-27)38-20-25-18-32(37)36(34(19-25)40-4)41-21-26-15-23(2)14-24(3)16-26/h5-6,8-20,29-30,35,39H,7,21H2,1-4H3/t29-,30+,35-/m0/s1. The molecule has 0 saturated heterocycles. The number of nitrogens with one attached hydrogen (secondary N) is 1. The number of anilines is 1. The zero-order chi connectivity index (χ0) is 28.5. The number of allylic oxidation sites excluding steroid dienone is 2. The first kappa shape index (κ1) is 27.6. The molecule has 1 aliphatic carbocycles. The lowest BCUT2D eigenvalue weighted by Gasteiger charge is -2.37. The molecule has 3 atom stereocenters. The molecule has 4 nitrogen and oxygen atoms in total. The highest BCUT2D eigenvalue weighted by molar-refractivity contribution is 14.1. The Kier molecular flexibility index (Phi) is 7.89. The number of aliphatic imine (C=N–C) groups is 1. The van der Waals surface area contributed by atoms with Gasteiger partial charge in [0, 0.05) is 17.8 Å². The number of rotatable bonds is 7. The van der Waals surface area contributed by atoms with Crippen molar-refractivity contribution in [3.63, 3.8) is 0 Å². The Morgan fingerprint density at radius 1 is 0.927 bits per heavy atom. The van der Waals surface area contributed by atoms with Gasteiger partial charge in [0.05, 0.1) is 22.4 Å². The maximum Gasteiger partial charge on any atom is 0.174 e. The van der Waals surface area contributed by atoms with Gasteiger partial charge in [0.15, 0.2) is 11.5 Å². The van der Waals surface area contributed by atoms with Gasteiger partial charge in [-0.3, -0.25) is 4.99 Å². The Bertz CT molecular complexity index is 1620. The summed E-state index contributed by atoms with van der Waals surface area (Å²) in [5.41, 5.74) is 10.8. The van der Waals surface area contributed by atoms with Gasteiger partial charge < -0.3 is 14.8 Å². The largest absolute Gasteiger partial charge is 0.493 e. The van der Waals surface area contributed by atoms with Crippen LogP contribution in [0.25, 0.3) is 0 Å². The van der Waals surface area contributed by atoms with E-state index < -0.39 is 0 Å². The van der Waals surface area contributed by atoms with Crippen LogP contribution in [0.3, 0.4) is 0 Å². The highest BCUT2D eigenvalue weighted by Crippen LogP contribution is 2.50. The SMILES string of the molecule is COc1cc(C=Nc2ccc([C@@H]3Nc4ccc(C)cc4[C@H]4C=CC[C@H]43)cc2)cc(I)c1OCc1cc(C)cc(C)c1. The molecule has 0 aromatic heterocycles. The predicted molar refractivity (Wildman–Crippen MR) is 177 cm³/mol. The van der Waals surface area contributed by atoms with Crippen LogP contribution in [0.5, 0.6) is 11.5 Å². The minimum atomic E-state index is 0.283. The second-order valence-electron chi connectivity index (χ2n) is 11.2. The van der Waals surface area contributed by atoms with Crippen molar-refractivity contribution in [2.75, 3.05) is 12.4 Å². The Morgan fingerprint density at radius 2 is 1.71 bits per heavy atom. The Labute approximate surface area is 256 Å². The summed E-state index contributed by atoms with van der Waals surface area (Å²) < 4.78 is 12.9. The summed E-state index contributed by atoms with van der Waals surface area (Å²) in [7, 11) is 1.68. The average Bonchev–Trinajstić information content (AvgIpc) is 3.45. The molecular weight excluding hydrogens is 619 g/mol. The topological polar surface area (TPSA) is 42.8 Å². The molecule has 208 valence electrons. The normalized spacial score (nSPS) is 19.1. The van der Waals surface area contributed by atoms with E-state index in [9.17, 15) is 0 Å². The lowest BCUT2D eigenvalue weighted by atomic mass is 9.76. The van der Waals surface area contributed by atoms with E-state index in [4.69, 9.17) is 14.5 Å². The van der Waals surface area contributed by atoms with Crippen LogP contribution in [-0.2, 0) is 6.61 Å². The maximum absolute atomic E-state index is 6.21. The third-order valence-electron chi connectivity index (χ3n) is 8.05. The number of methoxy groups -OCH3 is 1. The number of nitrogens with zero attached hydrogens (tertiary/aromatic N) is 1. The van der Waals surface area contributed by atoms with E-state index in [2.05, 4.69) is 128 Å². The predicted octanol–water partition coefficient (Wildman–Crippen LogP) is 9.38. The molecule has 0 saturated carbocycles. The van der Waals surface area contributed by atoms with Crippen molar-refractivity contribution < 1.29 is 9.47 Å². The lowest BCUT2D eigenvalue weighted by molar-refractivity contribution is 0.282. The number of fused-ring (bicyclic) bond motifs is 3. The molecule has 41 heavy (non-hydrogen) atoms. The molecule has 0 bridgehead atoms. The van der Waals surface area contributed by atoms with Gasteiger partial charge in [-0.15, -0.1) is 0 Å². The summed E-state index contributed by atoms with van der Waals surface area (Å²) in [6, 6.07) is 26.2. The Morgan fingerprint density at radius 3 is 2.46 bits per heavy atom. The monoisotopic (exact) mass is 654 g/mol. The molecule has 4 aromatic carbocycles. The molecule has 1 heterocycles. The van der Waals surface area contributed by atoms with Crippen molar-refractivity contribution in [2.45, 2.75) is 45.8 Å². The van der Waals surface area contributed by atoms with Crippen LogP contribution in [-0.4, -0.2) is 13.3 Å². The second-order valence-corrected chi connectivity index (χ2v) is 12.4. The summed E-state index contributed by atoms with van der Waals surface area (Å²) in [4.78, 5) is 4.78. The van der Waals surface area contributed by atoms with Gasteiger partial charge in [-0.2, -0.15) is 0 Å². The van der Waals surface area contributed by atoms with Gasteiger partial charge in [-0.05, 0) is 108 Å². The average molecular weight is 655 g/mol. The van der Waals surface area contributed by atoms with E-state index in [0.29, 0.717) is 24.2 Å². The molecule has 6 rings (SSSR count). The number of hydrogen-bond acceptors (Lipinski definition) is 4. The summed E-state index contributed by atoms with van der Waals surface area (Å²) in [5, 5.41) is 3.83. The second kappa shape index (κ2) is 11.7. The van der Waals surface area contributed by atoms with Crippen molar-refractivity contribution >= 4 is 40.2 Å². The Hall–Kier alpha value is -3.58. The minimum absolute atomic E-state index is 0.283. The van der Waals surface area contributed by atoms with E-state index in [-0.39, 0.29) is 6.04 Å². The number of halogens is 1. The smallest absolute Gasteiger partial charge is 0.174 e. The molecule has 0 spiro atoms. The van der Waals surface area contributed by atoms with Gasteiger partial charge >= 0.3 is 0 Å². The summed E-state index contributed by atoms with van der Waals surface area (Å²) in [6.45, 7) is 6.88. The minimum Gasteiger partial charge on any atom is -0.493 e. The zero-order valence-electron chi connectivity index (χ0n) is 23.9. The molecule has 2 aliphatic rings. The lowest BCUT2D eigenvalue weighted by Crippen LogP contribution is -2.29. The first-order valence-electron chi connectivity index (χ1n) is 14.1. The van der Waals surface area contributed by atoms with Crippen LogP contribution < -0.4 is 14.8 Å². The van der Waals surface area contributed by atoms with Crippen molar-refractivity contribution in [3.05, 3.63) is 127 Å². The highest BCUT2D eigenvalue weighted by atomic mass is 127. The summed E-state index contributed by atoms with van der Waals surface area (Å²) >= 11 is 2.31. The van der Waals surface area contributed by atoms with Crippen LogP contribution >= 0.6 is 22.6 Å². The van der Waals surface area contributed by atoms with Crippen LogP contribution in [0, 0.1) is 30.3 Å². The fourth-order valence-electron chi connectivity index (χ4n) is 6.22. The third-order valence-corrected chi connectivity index (χ3v) is 8.85. The molecule has 1 N–H and O–H groups in total. The fourth-order valence-corrected chi connectivity index (χ4v) is 7.00. The van der Waals surface area contributed by atoms with Crippen molar-refractivity contribution in [1.29, 1.82) is 0 Å². The van der Waals surface area contributed by atoms with Gasteiger partial charge in [0.25, 0.3) is 0 Å². The quantitative estimate of drug-likeness (QED) is 0.123. The number of ether oxygens (including phenoxy) is 2. The summed E-state index contributed by atoms with van der Waals surface area (Å²) in [6.07, 6.45) is 7.72. The molecule has 0 unspecified atom stereocenters. The van der Waals surface area contributed by atoms with E-state index in [0.717, 1.165) is 32.6 Å². The molecule has 0 fully saturated rings. The Balaban J connectivity index is 1.17. The highest BCUT2D eigenvalue weighted by Gasteiger charge is 2.37. The van der Waals surface area contributed by atoms with Crippen LogP contribution in [0.1, 0.15) is 57.3 Å². The van der Waals surface area contributed by atoms with Crippen LogP contribution in [0.4, 0.5) is 11.4 Å². The number of hydrogen-bond donors (Lipinski definition) is 1. The molecule has 1 aliphatic heterocycles. The van der Waals surface area contributed by atoms with Gasteiger partial charge in [0.2, 0.25) is 0 Å². The van der Waals surface area contributed by atoms with Crippen LogP contribution in [0.2, 0.25) is 0 Å². The third kappa shape index (κ3) is 5.91. The van der Waals surface area contributed by atoms with Gasteiger partial charge in [0.1, 0.15) is 6.61 Å². The van der Waals surface area contributed by atoms with Gasteiger partial charge in [-0.1, -0.05) is 71.3 Å². The first-order valence-corrected chi connectivity index (χ1v) is 15.2. The van der Waals surface area contributed by atoms with Crippen LogP contribution in [0.15, 0.2) is 89.9 Å².